The number of rotatable bonds is 7. The first-order valence-electron chi connectivity index (χ1n) is 5.67. The average molecular weight is 214 g/mol. The van der Waals surface area contributed by atoms with Crippen molar-refractivity contribution in [3.63, 3.8) is 0 Å². The van der Waals surface area contributed by atoms with Gasteiger partial charge in [-0.3, -0.25) is 4.79 Å². The lowest BCUT2D eigenvalue weighted by molar-refractivity contribution is -0.122. The molecule has 1 amide bonds. The van der Waals surface area contributed by atoms with Crippen molar-refractivity contribution in [2.75, 3.05) is 6.61 Å². The van der Waals surface area contributed by atoms with Gasteiger partial charge in [0.2, 0.25) is 5.91 Å². The Kier molecular flexibility index (Phi) is 4.54. The van der Waals surface area contributed by atoms with Gasteiger partial charge in [-0.25, -0.2) is 0 Å². The minimum atomic E-state index is -0.335. The van der Waals surface area contributed by atoms with Crippen LogP contribution in [0.2, 0.25) is 0 Å². The molecule has 0 radical (unpaired) electrons. The van der Waals surface area contributed by atoms with E-state index in [2.05, 4.69) is 19.2 Å². The van der Waals surface area contributed by atoms with Gasteiger partial charge in [0, 0.05) is 6.04 Å². The molecule has 4 nitrogen and oxygen atoms in total. The van der Waals surface area contributed by atoms with Crippen molar-refractivity contribution < 1.29 is 9.53 Å². The van der Waals surface area contributed by atoms with E-state index in [1.807, 2.05) is 6.92 Å². The van der Waals surface area contributed by atoms with E-state index in [1.54, 1.807) is 0 Å². The normalized spacial score (nSPS) is 20.3. The Labute approximate surface area is 91.5 Å². The Bertz CT molecular complexity index is 215. The molecule has 0 heterocycles. The van der Waals surface area contributed by atoms with Crippen LogP contribution >= 0.6 is 0 Å². The molecule has 1 aliphatic carbocycles. The first-order chi connectivity index (χ1) is 7.00. The van der Waals surface area contributed by atoms with Gasteiger partial charge in [0.15, 0.2) is 0 Å². The summed E-state index contributed by atoms with van der Waals surface area (Å²) in [5.41, 5.74) is 5.29. The van der Waals surface area contributed by atoms with E-state index in [4.69, 9.17) is 10.5 Å². The third-order valence-corrected chi connectivity index (χ3v) is 2.82. The van der Waals surface area contributed by atoms with Crippen molar-refractivity contribution in [1.29, 1.82) is 0 Å². The second kappa shape index (κ2) is 5.47. The lowest BCUT2D eigenvalue weighted by atomic mass is 10.1. The Morgan fingerprint density at radius 1 is 1.47 bits per heavy atom. The smallest absolute Gasteiger partial charge is 0.236 e. The molecule has 2 atom stereocenters. The molecule has 88 valence electrons. The molecule has 0 aromatic heterocycles. The fraction of sp³-hybridized carbons (Fsp3) is 0.909. The number of hydrogen-bond donors (Lipinski definition) is 2. The maximum Gasteiger partial charge on any atom is 0.236 e. The molecule has 0 saturated heterocycles. The van der Waals surface area contributed by atoms with E-state index >= 15 is 0 Å². The third-order valence-electron chi connectivity index (χ3n) is 2.82. The zero-order valence-corrected chi connectivity index (χ0v) is 9.82. The topological polar surface area (TPSA) is 64.3 Å². The summed E-state index contributed by atoms with van der Waals surface area (Å²) in [5, 5.41) is 3.19. The number of ether oxygens (including phenoxy) is 1. The predicted molar refractivity (Wildman–Crippen MR) is 59.4 cm³/mol. The van der Waals surface area contributed by atoms with Gasteiger partial charge in [-0.2, -0.15) is 0 Å². The standard InChI is InChI=1S/C11H22N2O2/c1-7(2)8(3)15-6-10(11(12)14)13-9-4-5-9/h7-10,13H,4-6H2,1-3H3,(H2,12,14). The van der Waals surface area contributed by atoms with Gasteiger partial charge in [-0.1, -0.05) is 13.8 Å². The summed E-state index contributed by atoms with van der Waals surface area (Å²) in [4.78, 5) is 11.1. The lowest BCUT2D eigenvalue weighted by Crippen LogP contribution is -2.46. The molecule has 0 spiro atoms. The van der Waals surface area contributed by atoms with Crippen LogP contribution < -0.4 is 11.1 Å². The van der Waals surface area contributed by atoms with Crippen LogP contribution in [0.1, 0.15) is 33.6 Å². The van der Waals surface area contributed by atoms with Crippen molar-refractivity contribution >= 4 is 5.91 Å². The van der Waals surface area contributed by atoms with Gasteiger partial charge in [-0.15, -0.1) is 0 Å². The molecular formula is C11H22N2O2. The minimum Gasteiger partial charge on any atom is -0.376 e. The van der Waals surface area contributed by atoms with E-state index in [9.17, 15) is 4.79 Å². The maximum absolute atomic E-state index is 11.1. The molecule has 3 N–H and O–H groups in total. The van der Waals surface area contributed by atoms with E-state index in [0.29, 0.717) is 18.6 Å². The number of hydrogen-bond acceptors (Lipinski definition) is 3. The monoisotopic (exact) mass is 214 g/mol. The number of amides is 1. The van der Waals surface area contributed by atoms with E-state index in [-0.39, 0.29) is 18.1 Å². The molecule has 0 aliphatic heterocycles. The fourth-order valence-electron chi connectivity index (χ4n) is 1.19. The van der Waals surface area contributed by atoms with Crippen LogP contribution in [0.3, 0.4) is 0 Å². The van der Waals surface area contributed by atoms with Gasteiger partial charge >= 0.3 is 0 Å². The summed E-state index contributed by atoms with van der Waals surface area (Å²) in [5.74, 6) is 0.136. The number of nitrogens with one attached hydrogen (secondary N) is 1. The molecule has 0 bridgehead atoms. The maximum atomic E-state index is 11.1. The van der Waals surface area contributed by atoms with E-state index in [0.717, 1.165) is 12.8 Å². The van der Waals surface area contributed by atoms with Crippen molar-refractivity contribution in [2.24, 2.45) is 11.7 Å². The van der Waals surface area contributed by atoms with Gasteiger partial charge in [0.25, 0.3) is 0 Å². The Hall–Kier alpha value is -0.610. The first-order valence-corrected chi connectivity index (χ1v) is 5.67. The summed E-state index contributed by atoms with van der Waals surface area (Å²) in [6.07, 6.45) is 2.44. The summed E-state index contributed by atoms with van der Waals surface area (Å²) in [6.45, 7) is 6.58. The quantitative estimate of drug-likeness (QED) is 0.654. The average Bonchev–Trinajstić information content (AvgIpc) is 2.94. The largest absolute Gasteiger partial charge is 0.376 e. The summed E-state index contributed by atoms with van der Waals surface area (Å²) >= 11 is 0. The molecular weight excluding hydrogens is 192 g/mol. The van der Waals surface area contributed by atoms with Crippen molar-refractivity contribution in [3.05, 3.63) is 0 Å². The lowest BCUT2D eigenvalue weighted by Gasteiger charge is -2.21. The Morgan fingerprint density at radius 2 is 2.07 bits per heavy atom. The summed E-state index contributed by atoms with van der Waals surface area (Å²) in [7, 11) is 0. The molecule has 1 saturated carbocycles. The van der Waals surface area contributed by atoms with Crippen LogP contribution in [0, 0.1) is 5.92 Å². The van der Waals surface area contributed by atoms with Crippen LogP contribution in [0.25, 0.3) is 0 Å². The molecule has 1 aliphatic rings. The fourth-order valence-corrected chi connectivity index (χ4v) is 1.19. The first kappa shape index (κ1) is 12.5. The van der Waals surface area contributed by atoms with E-state index < -0.39 is 0 Å². The molecule has 0 aromatic carbocycles. The highest BCUT2D eigenvalue weighted by Gasteiger charge is 2.27. The molecule has 1 fully saturated rings. The predicted octanol–water partition coefficient (Wildman–Crippen LogP) is 0.653. The highest BCUT2D eigenvalue weighted by molar-refractivity contribution is 5.80. The number of nitrogens with two attached hydrogens (primary N) is 1. The van der Waals surface area contributed by atoms with Crippen molar-refractivity contribution in [3.8, 4) is 0 Å². The highest BCUT2D eigenvalue weighted by Crippen LogP contribution is 2.19. The molecule has 4 heteroatoms. The molecule has 15 heavy (non-hydrogen) atoms. The van der Waals surface area contributed by atoms with Gasteiger partial charge in [0.05, 0.1) is 12.7 Å². The Morgan fingerprint density at radius 3 is 2.47 bits per heavy atom. The SMILES string of the molecule is CC(C)C(C)OCC(NC1CC1)C(N)=O. The zero-order chi connectivity index (χ0) is 11.4. The van der Waals surface area contributed by atoms with Crippen LogP contribution in [-0.2, 0) is 9.53 Å². The van der Waals surface area contributed by atoms with Crippen LogP contribution in [-0.4, -0.2) is 30.7 Å². The van der Waals surface area contributed by atoms with Gasteiger partial charge in [0.1, 0.15) is 6.04 Å². The highest BCUT2D eigenvalue weighted by atomic mass is 16.5. The number of primary amides is 1. The number of carbonyl (C=O) groups is 1. The third kappa shape index (κ3) is 4.62. The zero-order valence-electron chi connectivity index (χ0n) is 9.82. The second-order valence-electron chi connectivity index (χ2n) is 4.68. The van der Waals surface area contributed by atoms with Crippen molar-refractivity contribution in [2.45, 2.75) is 51.8 Å². The van der Waals surface area contributed by atoms with Crippen molar-refractivity contribution in [1.82, 2.24) is 5.32 Å². The Balaban J connectivity index is 2.27. The number of carbonyl (C=O) groups excluding carboxylic acids is 1. The van der Waals surface area contributed by atoms with Crippen LogP contribution in [0.4, 0.5) is 0 Å². The second-order valence-corrected chi connectivity index (χ2v) is 4.68. The molecule has 2 unspecified atom stereocenters. The van der Waals surface area contributed by atoms with Crippen LogP contribution in [0.15, 0.2) is 0 Å². The molecule has 0 aromatic rings. The summed E-state index contributed by atoms with van der Waals surface area (Å²) in [6, 6.07) is 0.138. The summed E-state index contributed by atoms with van der Waals surface area (Å²) < 4.78 is 5.59. The van der Waals surface area contributed by atoms with Gasteiger partial charge in [-0.05, 0) is 25.7 Å². The van der Waals surface area contributed by atoms with E-state index in [1.165, 1.54) is 0 Å². The minimum absolute atomic E-state index is 0.160. The van der Waals surface area contributed by atoms with Crippen LogP contribution in [0.5, 0.6) is 0 Å². The molecule has 1 rings (SSSR count). The van der Waals surface area contributed by atoms with Gasteiger partial charge < -0.3 is 15.8 Å².